The van der Waals surface area contributed by atoms with Gasteiger partial charge in [-0.25, -0.2) is 0 Å². The molecule has 0 aliphatic rings. The molecule has 9 heteroatoms. The first-order valence-corrected chi connectivity index (χ1v) is 7.03. The Balaban J connectivity index is 3.16. The van der Waals surface area contributed by atoms with Crippen molar-refractivity contribution in [1.29, 1.82) is 0 Å². The summed E-state index contributed by atoms with van der Waals surface area (Å²) < 4.78 is 45.9. The molecule has 0 radical (unpaired) electrons. The fourth-order valence-corrected chi connectivity index (χ4v) is 2.59. The van der Waals surface area contributed by atoms with Crippen molar-refractivity contribution in [2.24, 2.45) is 0 Å². The Bertz CT molecular complexity index is 497. The first-order chi connectivity index (χ1) is 9.28. The molecule has 0 fully saturated rings. The molecule has 1 heterocycles. The smallest absolute Gasteiger partial charge is 0.466 e. The number of hydrogen-bond donors (Lipinski definition) is 0. The van der Waals surface area contributed by atoms with E-state index >= 15 is 0 Å². The minimum atomic E-state index is -4.86. The van der Waals surface area contributed by atoms with E-state index in [2.05, 4.69) is 9.72 Å². The second kappa shape index (κ2) is 7.30. The third-order valence-electron chi connectivity index (χ3n) is 2.13. The quantitative estimate of drug-likeness (QED) is 0.414. The number of aromatic nitrogens is 1. The van der Waals surface area contributed by atoms with Gasteiger partial charge in [0.05, 0.1) is 30.8 Å². The third-order valence-corrected chi connectivity index (χ3v) is 3.66. The van der Waals surface area contributed by atoms with Crippen LogP contribution in [0.1, 0.15) is 18.2 Å². The van der Waals surface area contributed by atoms with Crippen LogP contribution in [0.3, 0.4) is 0 Å². The van der Waals surface area contributed by atoms with E-state index in [1.54, 1.807) is 29.5 Å². The van der Waals surface area contributed by atoms with Crippen LogP contribution < -0.4 is 4.74 Å². The highest BCUT2D eigenvalue weighted by atomic mass is 127. The van der Waals surface area contributed by atoms with Gasteiger partial charge in [0, 0.05) is 9.13 Å². The number of carbonyl (C=O) groups excluding carboxylic acids is 1. The Labute approximate surface area is 131 Å². The second-order valence-corrected chi connectivity index (χ2v) is 4.87. The van der Waals surface area contributed by atoms with Crippen LogP contribution >= 0.6 is 34.2 Å². The van der Waals surface area contributed by atoms with Crippen molar-refractivity contribution in [1.82, 2.24) is 4.98 Å². The lowest BCUT2D eigenvalue weighted by Gasteiger charge is -2.15. The third kappa shape index (κ3) is 4.97. The first kappa shape index (κ1) is 17.3. The highest BCUT2D eigenvalue weighted by molar-refractivity contribution is 14.1. The van der Waals surface area contributed by atoms with Gasteiger partial charge >= 0.3 is 12.3 Å². The van der Waals surface area contributed by atoms with Gasteiger partial charge in [-0.3, -0.25) is 9.78 Å². The maximum Gasteiger partial charge on any atom is 0.573 e. The number of nitrogens with zero attached hydrogens (tertiary/aromatic N) is 1. The van der Waals surface area contributed by atoms with Crippen molar-refractivity contribution in [3.8, 4) is 5.75 Å². The van der Waals surface area contributed by atoms with Gasteiger partial charge < -0.3 is 9.47 Å². The van der Waals surface area contributed by atoms with Gasteiger partial charge in [0.25, 0.3) is 0 Å². The van der Waals surface area contributed by atoms with Crippen LogP contribution in [0.5, 0.6) is 5.75 Å². The average Bonchev–Trinajstić information content (AvgIpc) is 2.32. The van der Waals surface area contributed by atoms with Crippen molar-refractivity contribution >= 4 is 40.2 Å². The summed E-state index contributed by atoms with van der Waals surface area (Å²) in [6, 6.07) is 0. The molecule has 4 nitrogen and oxygen atoms in total. The number of hydrogen-bond acceptors (Lipinski definition) is 4. The highest BCUT2D eigenvalue weighted by Gasteiger charge is 2.33. The zero-order valence-corrected chi connectivity index (χ0v) is 13.2. The molecule has 112 valence electrons. The SMILES string of the molecule is CCOC(=O)Cc1c(OC(F)(F)F)cnc(CCl)c1I. The molecule has 1 aromatic rings. The number of pyridine rings is 1. The van der Waals surface area contributed by atoms with Gasteiger partial charge in [0.1, 0.15) is 0 Å². The van der Waals surface area contributed by atoms with Crippen LogP contribution in [-0.2, 0) is 21.8 Å². The molecular weight excluding hydrogens is 413 g/mol. The Kier molecular flexibility index (Phi) is 6.31. The van der Waals surface area contributed by atoms with Gasteiger partial charge in [-0.15, -0.1) is 24.8 Å². The highest BCUT2D eigenvalue weighted by Crippen LogP contribution is 2.31. The predicted molar refractivity (Wildman–Crippen MR) is 73.5 cm³/mol. The normalized spacial score (nSPS) is 11.3. The van der Waals surface area contributed by atoms with E-state index in [4.69, 9.17) is 16.3 Å². The summed E-state index contributed by atoms with van der Waals surface area (Å²) >= 11 is 7.42. The standard InChI is InChI=1S/C11H10ClF3INO3/c1-2-19-9(18)3-6-8(20-11(13,14)15)5-17-7(4-12)10(6)16/h5H,2-4H2,1H3. The van der Waals surface area contributed by atoms with E-state index in [0.717, 1.165) is 6.20 Å². The molecule has 0 unspecified atom stereocenters. The Hall–Kier alpha value is -0.770. The maximum absolute atomic E-state index is 12.3. The van der Waals surface area contributed by atoms with Crippen molar-refractivity contribution < 1.29 is 27.4 Å². The monoisotopic (exact) mass is 423 g/mol. The van der Waals surface area contributed by atoms with Crippen molar-refractivity contribution in [3.63, 3.8) is 0 Å². The summed E-state index contributed by atoms with van der Waals surface area (Å²) in [6.07, 6.45) is -4.30. The Morgan fingerprint density at radius 3 is 2.65 bits per heavy atom. The molecule has 0 N–H and O–H groups in total. The van der Waals surface area contributed by atoms with Crippen molar-refractivity contribution in [2.75, 3.05) is 6.61 Å². The summed E-state index contributed by atoms with van der Waals surface area (Å²) in [4.78, 5) is 15.2. The first-order valence-electron chi connectivity index (χ1n) is 5.42. The minimum Gasteiger partial charge on any atom is -0.466 e. The fourth-order valence-electron chi connectivity index (χ4n) is 1.38. The topological polar surface area (TPSA) is 48.4 Å². The van der Waals surface area contributed by atoms with Gasteiger partial charge in [0.15, 0.2) is 5.75 Å². The molecule has 0 saturated heterocycles. The molecule has 0 bridgehead atoms. The van der Waals surface area contributed by atoms with Crippen LogP contribution in [0, 0.1) is 3.57 Å². The van der Waals surface area contributed by atoms with E-state index in [-0.39, 0.29) is 24.5 Å². The van der Waals surface area contributed by atoms with E-state index < -0.39 is 18.1 Å². The van der Waals surface area contributed by atoms with E-state index in [1.807, 2.05) is 0 Å². The molecule has 20 heavy (non-hydrogen) atoms. The Morgan fingerprint density at radius 1 is 1.50 bits per heavy atom. The molecule has 1 aromatic heterocycles. The number of rotatable bonds is 5. The lowest BCUT2D eigenvalue weighted by atomic mass is 10.1. The number of esters is 1. The van der Waals surface area contributed by atoms with Crippen LogP contribution in [0.2, 0.25) is 0 Å². The lowest BCUT2D eigenvalue weighted by molar-refractivity contribution is -0.275. The summed E-state index contributed by atoms with van der Waals surface area (Å²) in [7, 11) is 0. The summed E-state index contributed by atoms with van der Waals surface area (Å²) in [5.41, 5.74) is 0.438. The summed E-state index contributed by atoms with van der Waals surface area (Å²) in [5, 5.41) is 0. The number of halogens is 5. The molecule has 0 atom stereocenters. The molecule has 0 amide bonds. The largest absolute Gasteiger partial charge is 0.573 e. The van der Waals surface area contributed by atoms with Crippen LogP contribution in [0.25, 0.3) is 0 Å². The number of ether oxygens (including phenoxy) is 2. The molecule has 0 aromatic carbocycles. The van der Waals surface area contributed by atoms with Gasteiger partial charge in [-0.05, 0) is 29.5 Å². The fraction of sp³-hybridized carbons (Fsp3) is 0.455. The molecule has 0 aliphatic heterocycles. The molecule has 0 spiro atoms. The lowest BCUT2D eigenvalue weighted by Crippen LogP contribution is -2.20. The van der Waals surface area contributed by atoms with Crippen LogP contribution in [-0.4, -0.2) is 23.9 Å². The number of alkyl halides is 4. The van der Waals surface area contributed by atoms with E-state index in [1.165, 1.54) is 0 Å². The molecule has 1 rings (SSSR count). The molecule has 0 saturated carbocycles. The number of carbonyl (C=O) groups is 1. The Morgan fingerprint density at radius 2 is 2.15 bits per heavy atom. The summed E-state index contributed by atoms with van der Waals surface area (Å²) in [5.74, 6) is -1.16. The van der Waals surface area contributed by atoms with Gasteiger partial charge in [-0.2, -0.15) is 0 Å². The van der Waals surface area contributed by atoms with Crippen molar-refractivity contribution in [3.05, 3.63) is 21.0 Å². The second-order valence-electron chi connectivity index (χ2n) is 3.52. The average molecular weight is 424 g/mol. The molecule has 0 aliphatic carbocycles. The van der Waals surface area contributed by atoms with Crippen LogP contribution in [0.4, 0.5) is 13.2 Å². The van der Waals surface area contributed by atoms with Gasteiger partial charge in [-0.1, -0.05) is 0 Å². The minimum absolute atomic E-state index is 0.0143. The van der Waals surface area contributed by atoms with Crippen LogP contribution in [0.15, 0.2) is 6.20 Å². The molecular formula is C11H10ClF3INO3. The maximum atomic E-state index is 12.3. The predicted octanol–water partition coefficient (Wildman–Crippen LogP) is 3.43. The van der Waals surface area contributed by atoms with E-state index in [0.29, 0.717) is 9.26 Å². The van der Waals surface area contributed by atoms with Crippen molar-refractivity contribution in [2.45, 2.75) is 25.6 Å². The zero-order valence-electron chi connectivity index (χ0n) is 10.3. The van der Waals surface area contributed by atoms with E-state index in [9.17, 15) is 18.0 Å². The summed E-state index contributed by atoms with van der Waals surface area (Å²) in [6.45, 7) is 1.74. The van der Waals surface area contributed by atoms with Gasteiger partial charge in [0.2, 0.25) is 0 Å². The zero-order chi connectivity index (χ0) is 15.3.